The van der Waals surface area contributed by atoms with Crippen molar-refractivity contribution in [3.63, 3.8) is 0 Å². The largest absolute Gasteiger partial charge is 0.316 e. The molecule has 0 spiro atoms. The predicted octanol–water partition coefficient (Wildman–Crippen LogP) is 0.180. The van der Waals surface area contributed by atoms with Gasteiger partial charge in [-0.1, -0.05) is 6.92 Å². The SMILES string of the molecule is CCNCCS(=O)(=O)NCCCc1cn[nH]c1C. The Balaban J connectivity index is 2.19. The molecule has 3 N–H and O–H groups in total. The molecule has 0 amide bonds. The minimum absolute atomic E-state index is 0.131. The maximum atomic E-state index is 11.6. The fourth-order valence-corrected chi connectivity index (χ4v) is 2.60. The average Bonchev–Trinajstić information content (AvgIpc) is 2.71. The molecule has 7 heteroatoms. The monoisotopic (exact) mass is 274 g/mol. The molecule has 1 aromatic rings. The minimum Gasteiger partial charge on any atom is -0.316 e. The first-order valence-electron chi connectivity index (χ1n) is 6.22. The van der Waals surface area contributed by atoms with E-state index < -0.39 is 10.0 Å². The molecular formula is C11H22N4O2S. The average molecular weight is 274 g/mol. The molecule has 0 aliphatic rings. The van der Waals surface area contributed by atoms with Gasteiger partial charge in [0.25, 0.3) is 0 Å². The number of hydrogen-bond donors (Lipinski definition) is 3. The molecule has 1 aromatic heterocycles. The molecule has 0 radical (unpaired) electrons. The summed E-state index contributed by atoms with van der Waals surface area (Å²) in [4.78, 5) is 0. The van der Waals surface area contributed by atoms with E-state index >= 15 is 0 Å². The first kappa shape index (κ1) is 15.1. The third kappa shape index (κ3) is 5.61. The number of rotatable bonds is 9. The summed E-state index contributed by atoms with van der Waals surface area (Å²) in [5.41, 5.74) is 2.19. The van der Waals surface area contributed by atoms with Crippen LogP contribution in [-0.4, -0.2) is 44.0 Å². The Morgan fingerprint density at radius 3 is 2.78 bits per heavy atom. The van der Waals surface area contributed by atoms with Gasteiger partial charge in [0, 0.05) is 18.8 Å². The summed E-state index contributed by atoms with van der Waals surface area (Å²) in [6, 6.07) is 0. The summed E-state index contributed by atoms with van der Waals surface area (Å²) in [6.45, 7) is 5.66. The van der Waals surface area contributed by atoms with Crippen LogP contribution in [0.3, 0.4) is 0 Å². The lowest BCUT2D eigenvalue weighted by Crippen LogP contribution is -2.32. The number of nitrogens with one attached hydrogen (secondary N) is 3. The van der Waals surface area contributed by atoms with Gasteiger partial charge >= 0.3 is 0 Å². The van der Waals surface area contributed by atoms with Gasteiger partial charge in [-0.05, 0) is 31.9 Å². The van der Waals surface area contributed by atoms with Crippen molar-refractivity contribution in [2.24, 2.45) is 0 Å². The van der Waals surface area contributed by atoms with Gasteiger partial charge in [0.05, 0.1) is 11.9 Å². The van der Waals surface area contributed by atoms with Gasteiger partial charge < -0.3 is 5.32 Å². The lowest BCUT2D eigenvalue weighted by molar-refractivity contribution is 0.575. The summed E-state index contributed by atoms with van der Waals surface area (Å²) in [5.74, 6) is 0.131. The highest BCUT2D eigenvalue weighted by Gasteiger charge is 2.08. The van der Waals surface area contributed by atoms with Gasteiger partial charge in [0.15, 0.2) is 0 Å². The van der Waals surface area contributed by atoms with Crippen LogP contribution in [0.15, 0.2) is 6.20 Å². The zero-order valence-corrected chi connectivity index (χ0v) is 11.8. The number of aromatic amines is 1. The second-order valence-corrected chi connectivity index (χ2v) is 6.12. The van der Waals surface area contributed by atoms with E-state index in [1.807, 2.05) is 13.8 Å². The van der Waals surface area contributed by atoms with Crippen LogP contribution in [0, 0.1) is 6.92 Å². The molecule has 0 aliphatic carbocycles. The molecule has 0 bridgehead atoms. The second-order valence-electron chi connectivity index (χ2n) is 4.19. The number of aromatic nitrogens is 2. The normalized spacial score (nSPS) is 11.9. The highest BCUT2D eigenvalue weighted by Crippen LogP contribution is 2.05. The number of H-pyrrole nitrogens is 1. The van der Waals surface area contributed by atoms with Crippen molar-refractivity contribution in [3.05, 3.63) is 17.5 Å². The highest BCUT2D eigenvalue weighted by atomic mass is 32.2. The fraction of sp³-hybridized carbons (Fsp3) is 0.727. The van der Waals surface area contributed by atoms with Crippen molar-refractivity contribution in [3.8, 4) is 0 Å². The summed E-state index contributed by atoms with van der Waals surface area (Å²) < 4.78 is 25.7. The fourth-order valence-electron chi connectivity index (χ4n) is 1.59. The van der Waals surface area contributed by atoms with Gasteiger partial charge in [-0.2, -0.15) is 5.10 Å². The first-order chi connectivity index (χ1) is 8.55. The Morgan fingerprint density at radius 2 is 2.17 bits per heavy atom. The summed E-state index contributed by atoms with van der Waals surface area (Å²) in [6.07, 6.45) is 3.40. The maximum absolute atomic E-state index is 11.6. The molecule has 0 saturated heterocycles. The molecule has 0 fully saturated rings. The molecule has 0 unspecified atom stereocenters. The molecule has 6 nitrogen and oxygen atoms in total. The lowest BCUT2D eigenvalue weighted by Gasteiger charge is -2.06. The third-order valence-corrected chi connectivity index (χ3v) is 4.06. The van der Waals surface area contributed by atoms with Crippen LogP contribution in [-0.2, 0) is 16.4 Å². The topological polar surface area (TPSA) is 86.9 Å². The molecule has 18 heavy (non-hydrogen) atoms. The van der Waals surface area contributed by atoms with Crippen LogP contribution in [0.25, 0.3) is 0 Å². The van der Waals surface area contributed by atoms with Gasteiger partial charge in [-0.15, -0.1) is 0 Å². The van der Waals surface area contributed by atoms with E-state index in [-0.39, 0.29) is 5.75 Å². The quantitative estimate of drug-likeness (QED) is 0.561. The molecule has 0 aliphatic heterocycles. The van der Waals surface area contributed by atoms with Gasteiger partial charge in [0.2, 0.25) is 10.0 Å². The van der Waals surface area contributed by atoms with Crippen LogP contribution in [0.1, 0.15) is 24.6 Å². The van der Waals surface area contributed by atoms with Gasteiger partial charge in [-0.25, -0.2) is 13.1 Å². The van der Waals surface area contributed by atoms with Crippen LogP contribution in [0.2, 0.25) is 0 Å². The van der Waals surface area contributed by atoms with E-state index in [0.29, 0.717) is 13.1 Å². The van der Waals surface area contributed by atoms with Crippen LogP contribution in [0.5, 0.6) is 0 Å². The number of aryl methyl sites for hydroxylation is 2. The Hall–Kier alpha value is -0.920. The Labute approximate surface area is 109 Å². The number of sulfonamides is 1. The van der Waals surface area contributed by atoms with Crippen molar-refractivity contribution in [2.45, 2.75) is 26.7 Å². The Kier molecular flexibility index (Phi) is 6.31. The number of hydrogen-bond acceptors (Lipinski definition) is 4. The van der Waals surface area contributed by atoms with Crippen molar-refractivity contribution in [2.75, 3.05) is 25.4 Å². The van der Waals surface area contributed by atoms with Crippen molar-refractivity contribution in [1.29, 1.82) is 0 Å². The molecule has 0 atom stereocenters. The maximum Gasteiger partial charge on any atom is 0.212 e. The number of nitrogens with zero attached hydrogens (tertiary/aromatic N) is 1. The lowest BCUT2D eigenvalue weighted by atomic mass is 10.1. The predicted molar refractivity (Wildman–Crippen MR) is 72.0 cm³/mol. The van der Waals surface area contributed by atoms with Crippen LogP contribution < -0.4 is 10.0 Å². The van der Waals surface area contributed by atoms with Crippen LogP contribution >= 0.6 is 0 Å². The van der Waals surface area contributed by atoms with Crippen molar-refractivity contribution < 1.29 is 8.42 Å². The highest BCUT2D eigenvalue weighted by molar-refractivity contribution is 7.89. The van der Waals surface area contributed by atoms with E-state index in [9.17, 15) is 8.42 Å². The van der Waals surface area contributed by atoms with Gasteiger partial charge in [-0.3, -0.25) is 5.10 Å². The first-order valence-corrected chi connectivity index (χ1v) is 7.87. The van der Waals surface area contributed by atoms with E-state index in [1.54, 1.807) is 6.20 Å². The zero-order valence-electron chi connectivity index (χ0n) is 11.0. The van der Waals surface area contributed by atoms with Crippen LogP contribution in [0.4, 0.5) is 0 Å². The molecule has 1 heterocycles. The standard InChI is InChI=1S/C11H22N4O2S/c1-3-12-7-8-18(16,17)14-6-4-5-11-9-13-15-10(11)2/h9,12,14H,3-8H2,1-2H3,(H,13,15). The summed E-state index contributed by atoms with van der Waals surface area (Å²) >= 11 is 0. The Morgan fingerprint density at radius 1 is 1.39 bits per heavy atom. The molecule has 104 valence electrons. The molecule has 0 saturated carbocycles. The van der Waals surface area contributed by atoms with E-state index in [1.165, 1.54) is 0 Å². The smallest absolute Gasteiger partial charge is 0.212 e. The second kappa shape index (κ2) is 7.50. The van der Waals surface area contributed by atoms with Crippen molar-refractivity contribution in [1.82, 2.24) is 20.2 Å². The Bertz CT molecular complexity index is 442. The summed E-state index contributed by atoms with van der Waals surface area (Å²) in [5, 5.41) is 9.78. The van der Waals surface area contributed by atoms with Crippen molar-refractivity contribution >= 4 is 10.0 Å². The van der Waals surface area contributed by atoms with Gasteiger partial charge in [0.1, 0.15) is 0 Å². The molecule has 0 aromatic carbocycles. The molecular weight excluding hydrogens is 252 g/mol. The summed E-state index contributed by atoms with van der Waals surface area (Å²) in [7, 11) is -3.14. The van der Waals surface area contributed by atoms with E-state index in [2.05, 4.69) is 20.2 Å². The van der Waals surface area contributed by atoms with E-state index in [0.717, 1.165) is 30.6 Å². The minimum atomic E-state index is -3.14. The van der Waals surface area contributed by atoms with E-state index in [4.69, 9.17) is 0 Å². The molecule has 1 rings (SSSR count). The zero-order chi connectivity index (χ0) is 13.4. The third-order valence-electron chi connectivity index (χ3n) is 2.68.